The highest BCUT2D eigenvalue weighted by Gasteiger charge is 2.19. The third kappa shape index (κ3) is 56.8. The van der Waals surface area contributed by atoms with Crippen molar-refractivity contribution in [1.82, 2.24) is 0 Å². The largest absolute Gasteiger partial charge is 0.462 e. The molecule has 0 fully saturated rings. The highest BCUT2D eigenvalue weighted by molar-refractivity contribution is 5.71. The first kappa shape index (κ1) is 67.9. The molecule has 0 saturated heterocycles. The fourth-order valence-electron chi connectivity index (χ4n) is 9.44. The zero-order valence-electron chi connectivity index (χ0n) is 47.3. The second-order valence-corrected chi connectivity index (χ2v) is 21.3. The lowest BCUT2D eigenvalue weighted by Crippen LogP contribution is -2.30. The van der Waals surface area contributed by atoms with E-state index in [1.807, 2.05) is 0 Å². The Morgan fingerprint density at radius 3 is 0.771 bits per heavy atom. The Kier molecular flexibility index (Phi) is 57.7. The van der Waals surface area contributed by atoms with Crippen molar-refractivity contribution in [3.63, 3.8) is 0 Å². The van der Waals surface area contributed by atoms with Crippen molar-refractivity contribution in [3.8, 4) is 0 Å². The number of unbranched alkanes of at least 4 members (excludes halogenated alkanes) is 43. The molecule has 0 aliphatic heterocycles. The lowest BCUT2D eigenvalue weighted by Gasteiger charge is -2.18. The van der Waals surface area contributed by atoms with Gasteiger partial charge in [0.1, 0.15) is 13.2 Å². The highest BCUT2D eigenvalue weighted by Crippen LogP contribution is 2.18. The second-order valence-electron chi connectivity index (χ2n) is 21.3. The molecule has 0 aromatic rings. The predicted octanol–water partition coefficient (Wildman–Crippen LogP) is 21.1. The van der Waals surface area contributed by atoms with E-state index < -0.39 is 6.10 Å². The van der Waals surface area contributed by atoms with E-state index >= 15 is 0 Å². The molecule has 0 amide bonds. The normalized spacial score (nSPS) is 12.1. The molecule has 412 valence electrons. The van der Waals surface area contributed by atoms with Crippen LogP contribution in [0.2, 0.25) is 0 Å². The Bertz CT molecular complexity index is 1130. The topological polar surface area (TPSA) is 78.9 Å². The van der Waals surface area contributed by atoms with Crippen LogP contribution in [-0.2, 0) is 28.6 Å². The molecule has 0 aliphatic carbocycles. The van der Waals surface area contributed by atoms with Gasteiger partial charge in [-0.2, -0.15) is 0 Å². The van der Waals surface area contributed by atoms with Crippen LogP contribution in [0.3, 0.4) is 0 Å². The summed E-state index contributed by atoms with van der Waals surface area (Å²) in [6.07, 6.45) is 70.5. The summed E-state index contributed by atoms with van der Waals surface area (Å²) in [4.78, 5) is 38.1. The standard InChI is InChI=1S/C64H120O6/c1-4-7-10-13-16-19-22-24-26-28-29-30-31-32-33-34-35-37-38-40-42-45-48-51-54-57-63(66)69-60-61(59-68-62(65)56-53-50-47-44-21-18-15-12-9-6-3)70-64(67)58-55-52-49-46-43-41-39-36-27-25-23-20-17-14-11-8-5-2/h12,15,28-29,61H,4-11,13-14,16-27,30-60H2,1-3H3/b15-12-,29-28-. The van der Waals surface area contributed by atoms with Crippen molar-refractivity contribution >= 4 is 17.9 Å². The Morgan fingerprint density at radius 2 is 0.500 bits per heavy atom. The van der Waals surface area contributed by atoms with Crippen LogP contribution in [0.1, 0.15) is 348 Å². The zero-order valence-corrected chi connectivity index (χ0v) is 47.3. The van der Waals surface area contributed by atoms with Gasteiger partial charge in [0.15, 0.2) is 6.10 Å². The number of hydrogen-bond donors (Lipinski definition) is 0. The average molecular weight is 986 g/mol. The van der Waals surface area contributed by atoms with Crippen molar-refractivity contribution in [3.05, 3.63) is 24.3 Å². The lowest BCUT2D eigenvalue weighted by atomic mass is 10.0. The molecule has 0 radical (unpaired) electrons. The number of ether oxygens (including phenoxy) is 3. The third-order valence-electron chi connectivity index (χ3n) is 14.2. The minimum absolute atomic E-state index is 0.0691. The number of carbonyl (C=O) groups excluding carboxylic acids is 3. The van der Waals surface area contributed by atoms with Gasteiger partial charge in [0.2, 0.25) is 0 Å². The molecule has 1 atom stereocenters. The molecule has 0 spiro atoms. The second kappa shape index (κ2) is 59.5. The van der Waals surface area contributed by atoms with Gasteiger partial charge in [-0.3, -0.25) is 14.4 Å². The Labute approximate surface area is 436 Å². The molecule has 0 aliphatic rings. The van der Waals surface area contributed by atoms with Crippen LogP contribution in [0.4, 0.5) is 0 Å². The lowest BCUT2D eigenvalue weighted by molar-refractivity contribution is -0.167. The smallest absolute Gasteiger partial charge is 0.306 e. The fourth-order valence-corrected chi connectivity index (χ4v) is 9.44. The van der Waals surface area contributed by atoms with Gasteiger partial charge in [-0.15, -0.1) is 0 Å². The van der Waals surface area contributed by atoms with Gasteiger partial charge in [-0.1, -0.05) is 289 Å². The molecule has 0 heterocycles. The summed E-state index contributed by atoms with van der Waals surface area (Å²) < 4.78 is 16.9. The van der Waals surface area contributed by atoms with Gasteiger partial charge in [-0.25, -0.2) is 0 Å². The van der Waals surface area contributed by atoms with E-state index in [-0.39, 0.29) is 31.1 Å². The Balaban J connectivity index is 4.17. The number of hydrogen-bond acceptors (Lipinski definition) is 6. The number of allylic oxidation sites excluding steroid dienone is 4. The van der Waals surface area contributed by atoms with Crippen LogP contribution in [0.5, 0.6) is 0 Å². The summed E-state index contributed by atoms with van der Waals surface area (Å²) in [6, 6.07) is 0. The monoisotopic (exact) mass is 985 g/mol. The fraction of sp³-hybridized carbons (Fsp3) is 0.891. The molecule has 0 N–H and O–H groups in total. The van der Waals surface area contributed by atoms with E-state index in [0.717, 1.165) is 70.6 Å². The van der Waals surface area contributed by atoms with Gasteiger partial charge in [-0.05, 0) is 64.2 Å². The maximum atomic E-state index is 12.9. The Morgan fingerprint density at radius 1 is 0.271 bits per heavy atom. The molecule has 6 nitrogen and oxygen atoms in total. The van der Waals surface area contributed by atoms with Crippen LogP contribution in [-0.4, -0.2) is 37.2 Å². The first-order valence-electron chi connectivity index (χ1n) is 31.3. The minimum Gasteiger partial charge on any atom is -0.462 e. The van der Waals surface area contributed by atoms with Gasteiger partial charge in [0.05, 0.1) is 0 Å². The number of carbonyl (C=O) groups is 3. The summed E-state index contributed by atoms with van der Waals surface area (Å²) in [6.45, 7) is 6.63. The molecular weight excluding hydrogens is 865 g/mol. The summed E-state index contributed by atoms with van der Waals surface area (Å²) >= 11 is 0. The molecule has 0 bridgehead atoms. The van der Waals surface area contributed by atoms with E-state index in [2.05, 4.69) is 45.1 Å². The van der Waals surface area contributed by atoms with E-state index in [1.54, 1.807) is 0 Å². The van der Waals surface area contributed by atoms with Gasteiger partial charge < -0.3 is 14.2 Å². The predicted molar refractivity (Wildman–Crippen MR) is 303 cm³/mol. The van der Waals surface area contributed by atoms with Crippen molar-refractivity contribution in [2.24, 2.45) is 0 Å². The molecule has 6 heteroatoms. The van der Waals surface area contributed by atoms with Gasteiger partial charge >= 0.3 is 17.9 Å². The molecular formula is C64H120O6. The summed E-state index contributed by atoms with van der Waals surface area (Å²) in [5, 5.41) is 0. The first-order valence-corrected chi connectivity index (χ1v) is 31.3. The molecule has 70 heavy (non-hydrogen) atoms. The van der Waals surface area contributed by atoms with Crippen molar-refractivity contribution in [2.45, 2.75) is 354 Å². The van der Waals surface area contributed by atoms with Crippen LogP contribution >= 0.6 is 0 Å². The van der Waals surface area contributed by atoms with Gasteiger partial charge in [0, 0.05) is 19.3 Å². The van der Waals surface area contributed by atoms with Gasteiger partial charge in [0.25, 0.3) is 0 Å². The zero-order chi connectivity index (χ0) is 50.7. The molecule has 0 saturated carbocycles. The average Bonchev–Trinajstić information content (AvgIpc) is 3.36. The summed E-state index contributed by atoms with van der Waals surface area (Å²) in [7, 11) is 0. The minimum atomic E-state index is -0.770. The molecule has 0 aromatic carbocycles. The quantitative estimate of drug-likeness (QED) is 0.0261. The first-order chi connectivity index (χ1) is 34.5. The van der Waals surface area contributed by atoms with Crippen molar-refractivity contribution in [1.29, 1.82) is 0 Å². The molecule has 0 rings (SSSR count). The van der Waals surface area contributed by atoms with Crippen molar-refractivity contribution < 1.29 is 28.6 Å². The van der Waals surface area contributed by atoms with Crippen LogP contribution in [0.25, 0.3) is 0 Å². The van der Waals surface area contributed by atoms with E-state index in [1.165, 1.54) is 238 Å². The van der Waals surface area contributed by atoms with Crippen LogP contribution in [0, 0.1) is 0 Å². The van der Waals surface area contributed by atoms with E-state index in [9.17, 15) is 14.4 Å². The maximum absolute atomic E-state index is 12.9. The van der Waals surface area contributed by atoms with E-state index in [0.29, 0.717) is 19.3 Å². The van der Waals surface area contributed by atoms with Crippen molar-refractivity contribution in [2.75, 3.05) is 13.2 Å². The van der Waals surface area contributed by atoms with Crippen LogP contribution < -0.4 is 0 Å². The number of esters is 3. The summed E-state index contributed by atoms with van der Waals surface area (Å²) in [5.74, 6) is -0.857. The summed E-state index contributed by atoms with van der Waals surface area (Å²) in [5.41, 5.74) is 0. The highest BCUT2D eigenvalue weighted by atomic mass is 16.6. The third-order valence-corrected chi connectivity index (χ3v) is 14.2. The SMILES string of the molecule is CCC/C=C\CCCCCCCC(=O)OCC(COC(=O)CCCCCCCCCCCCCCC/C=C\CCCCCCCCCC)OC(=O)CCCCCCCCCCCCCCCCCCC. The molecule has 1 unspecified atom stereocenters. The molecule has 0 aromatic heterocycles. The van der Waals surface area contributed by atoms with Crippen LogP contribution in [0.15, 0.2) is 24.3 Å². The Hall–Kier alpha value is -2.11. The maximum Gasteiger partial charge on any atom is 0.306 e. The number of rotatable bonds is 58. The van der Waals surface area contributed by atoms with E-state index in [4.69, 9.17) is 14.2 Å².